The first kappa shape index (κ1) is 16.1. The van der Waals surface area contributed by atoms with Crippen molar-refractivity contribution in [1.82, 2.24) is 4.90 Å². The smallest absolute Gasteiger partial charge is 0.142 e. The van der Waals surface area contributed by atoms with Crippen LogP contribution in [0.3, 0.4) is 0 Å². The van der Waals surface area contributed by atoms with Gasteiger partial charge in [-0.05, 0) is 19.1 Å². The first-order valence-corrected chi connectivity index (χ1v) is 7.60. The third-order valence-electron chi connectivity index (χ3n) is 3.78. The number of hydrogen-bond donors (Lipinski definition) is 1. The highest BCUT2D eigenvalue weighted by molar-refractivity contribution is 5.58. The zero-order valence-corrected chi connectivity index (χ0v) is 13.0. The predicted molar refractivity (Wildman–Crippen MR) is 84.1 cm³/mol. The molecule has 1 fully saturated rings. The average molecular weight is 294 g/mol. The van der Waals surface area contributed by atoms with E-state index in [1.807, 2.05) is 25.1 Å². The molecular weight excluding hydrogens is 268 g/mol. The fourth-order valence-corrected chi connectivity index (χ4v) is 2.67. The van der Waals surface area contributed by atoms with Gasteiger partial charge in [0.05, 0.1) is 25.5 Å². The molecule has 0 aliphatic carbocycles. The van der Waals surface area contributed by atoms with Crippen LogP contribution in [-0.2, 0) is 4.74 Å². The third kappa shape index (κ3) is 4.59. The summed E-state index contributed by atoms with van der Waals surface area (Å²) in [5.74, 6) is 0.919. The maximum absolute atomic E-state index is 9.90. The summed E-state index contributed by atoms with van der Waals surface area (Å²) in [4.78, 5) is 4.62. The zero-order valence-electron chi connectivity index (χ0n) is 13.0. The predicted octanol–water partition coefficient (Wildman–Crippen LogP) is 1.21. The number of hydrogen-bond acceptors (Lipinski definition) is 5. The van der Waals surface area contributed by atoms with Gasteiger partial charge in [-0.1, -0.05) is 12.1 Å². The van der Waals surface area contributed by atoms with Gasteiger partial charge in [-0.3, -0.25) is 4.90 Å². The summed E-state index contributed by atoms with van der Waals surface area (Å²) in [5.41, 5.74) is 1.15. The van der Waals surface area contributed by atoms with Crippen molar-refractivity contribution in [2.24, 2.45) is 0 Å². The van der Waals surface area contributed by atoms with Gasteiger partial charge in [0.2, 0.25) is 0 Å². The minimum atomic E-state index is -0.400. The van der Waals surface area contributed by atoms with Crippen LogP contribution < -0.4 is 9.64 Å². The Morgan fingerprint density at radius 1 is 1.19 bits per heavy atom. The highest BCUT2D eigenvalue weighted by Gasteiger charge is 2.21. The van der Waals surface area contributed by atoms with E-state index in [2.05, 4.69) is 15.9 Å². The third-order valence-corrected chi connectivity index (χ3v) is 3.78. The molecule has 0 saturated carbocycles. The normalized spacial score (nSPS) is 17.8. The summed E-state index contributed by atoms with van der Waals surface area (Å²) in [7, 11) is 1.71. The quantitative estimate of drug-likeness (QED) is 0.819. The Hall–Kier alpha value is -1.30. The molecular formula is C16H26N2O3. The molecule has 0 aromatic heterocycles. The van der Waals surface area contributed by atoms with Crippen LogP contribution in [0, 0.1) is 0 Å². The fraction of sp³-hybridized carbons (Fsp3) is 0.625. The molecule has 1 aromatic carbocycles. The van der Waals surface area contributed by atoms with Gasteiger partial charge in [0.15, 0.2) is 0 Å². The van der Waals surface area contributed by atoms with Crippen LogP contribution in [0.25, 0.3) is 0 Å². The lowest BCUT2D eigenvalue weighted by atomic mass is 10.2. The van der Waals surface area contributed by atoms with Crippen LogP contribution in [0.4, 0.5) is 5.69 Å². The van der Waals surface area contributed by atoms with Gasteiger partial charge in [-0.15, -0.1) is 0 Å². The van der Waals surface area contributed by atoms with Crippen molar-refractivity contribution in [2.45, 2.75) is 13.0 Å². The van der Waals surface area contributed by atoms with Gasteiger partial charge >= 0.3 is 0 Å². The van der Waals surface area contributed by atoms with Crippen LogP contribution in [0.2, 0.25) is 0 Å². The highest BCUT2D eigenvalue weighted by Crippen LogP contribution is 2.28. The summed E-state index contributed by atoms with van der Waals surface area (Å²) in [6, 6.07) is 8.12. The molecule has 2 rings (SSSR count). The molecule has 1 N–H and O–H groups in total. The molecule has 1 aliphatic rings. The van der Waals surface area contributed by atoms with E-state index in [0.29, 0.717) is 19.8 Å². The monoisotopic (exact) mass is 294 g/mol. The number of ether oxygens (including phenoxy) is 2. The molecule has 0 amide bonds. The second-order valence-electron chi connectivity index (χ2n) is 5.27. The highest BCUT2D eigenvalue weighted by atomic mass is 16.5. The number of nitrogens with zero attached hydrogens (tertiary/aromatic N) is 2. The molecule has 1 atom stereocenters. The molecule has 1 heterocycles. The Morgan fingerprint density at radius 2 is 1.90 bits per heavy atom. The summed E-state index contributed by atoms with van der Waals surface area (Å²) in [5, 5.41) is 9.90. The molecule has 1 unspecified atom stereocenters. The van der Waals surface area contributed by atoms with Crippen molar-refractivity contribution >= 4 is 5.69 Å². The van der Waals surface area contributed by atoms with Gasteiger partial charge in [0, 0.05) is 39.3 Å². The van der Waals surface area contributed by atoms with Gasteiger partial charge in [-0.2, -0.15) is 0 Å². The minimum absolute atomic E-state index is 0.400. The molecule has 5 nitrogen and oxygen atoms in total. The second-order valence-corrected chi connectivity index (χ2v) is 5.27. The molecule has 118 valence electrons. The van der Waals surface area contributed by atoms with Crippen molar-refractivity contribution < 1.29 is 14.6 Å². The van der Waals surface area contributed by atoms with Gasteiger partial charge in [0.25, 0.3) is 0 Å². The summed E-state index contributed by atoms with van der Waals surface area (Å²) < 4.78 is 10.7. The Kier molecular flexibility index (Phi) is 6.29. The number of methoxy groups -OCH3 is 1. The molecule has 1 aliphatic heterocycles. The number of aliphatic hydroxyl groups excluding tert-OH is 1. The molecule has 21 heavy (non-hydrogen) atoms. The minimum Gasteiger partial charge on any atom is -0.495 e. The maximum atomic E-state index is 9.90. The van der Waals surface area contributed by atoms with E-state index in [4.69, 9.17) is 9.47 Å². The average Bonchev–Trinajstić information content (AvgIpc) is 2.53. The molecule has 1 saturated heterocycles. The number of piperazine rings is 1. The summed E-state index contributed by atoms with van der Waals surface area (Å²) in [6.45, 7) is 7.48. The number of para-hydroxylation sites is 2. The largest absolute Gasteiger partial charge is 0.495 e. The Bertz CT molecular complexity index is 420. The van der Waals surface area contributed by atoms with Crippen molar-refractivity contribution in [1.29, 1.82) is 0 Å². The Balaban J connectivity index is 1.83. The molecule has 0 spiro atoms. The van der Waals surface area contributed by atoms with Gasteiger partial charge in [0.1, 0.15) is 5.75 Å². The number of rotatable bonds is 7. The second kappa shape index (κ2) is 8.22. The topological polar surface area (TPSA) is 45.2 Å². The number of aliphatic hydroxyl groups is 1. The standard InChI is InChI=1S/C16H26N2O3/c1-3-21-13-14(19)12-17-8-10-18(11-9-17)15-6-4-5-7-16(15)20-2/h4-7,14,19H,3,8-13H2,1-2H3. The van der Waals surface area contributed by atoms with Gasteiger partial charge < -0.3 is 19.5 Å². The lowest BCUT2D eigenvalue weighted by molar-refractivity contribution is 0.0202. The molecule has 1 aromatic rings. The van der Waals surface area contributed by atoms with E-state index >= 15 is 0 Å². The first-order valence-electron chi connectivity index (χ1n) is 7.60. The van der Waals surface area contributed by atoms with Crippen molar-refractivity contribution in [3.63, 3.8) is 0 Å². The van der Waals surface area contributed by atoms with Gasteiger partial charge in [-0.25, -0.2) is 0 Å². The molecule has 0 bridgehead atoms. The van der Waals surface area contributed by atoms with E-state index in [1.54, 1.807) is 7.11 Å². The lowest BCUT2D eigenvalue weighted by Crippen LogP contribution is -2.49. The molecule has 5 heteroatoms. The summed E-state index contributed by atoms with van der Waals surface area (Å²) in [6.07, 6.45) is -0.400. The zero-order chi connectivity index (χ0) is 15.1. The number of benzene rings is 1. The summed E-state index contributed by atoms with van der Waals surface area (Å²) >= 11 is 0. The van der Waals surface area contributed by atoms with E-state index in [9.17, 15) is 5.11 Å². The van der Waals surface area contributed by atoms with Crippen LogP contribution in [0.15, 0.2) is 24.3 Å². The van der Waals surface area contributed by atoms with E-state index in [1.165, 1.54) is 0 Å². The van der Waals surface area contributed by atoms with Crippen molar-refractivity contribution in [3.05, 3.63) is 24.3 Å². The van der Waals surface area contributed by atoms with Crippen molar-refractivity contribution in [3.8, 4) is 5.75 Å². The molecule has 0 radical (unpaired) electrons. The Labute approximate surface area is 127 Å². The lowest BCUT2D eigenvalue weighted by Gasteiger charge is -2.37. The van der Waals surface area contributed by atoms with Crippen LogP contribution >= 0.6 is 0 Å². The SMILES string of the molecule is CCOCC(O)CN1CCN(c2ccccc2OC)CC1. The Morgan fingerprint density at radius 3 is 2.57 bits per heavy atom. The van der Waals surface area contributed by atoms with E-state index < -0.39 is 6.10 Å². The fourth-order valence-electron chi connectivity index (χ4n) is 2.67. The first-order chi connectivity index (χ1) is 10.2. The van der Waals surface area contributed by atoms with E-state index in [-0.39, 0.29) is 0 Å². The number of anilines is 1. The number of β-amino-alcohol motifs (C(OH)–C–C–N with tert-alkyl or cyclic N) is 1. The van der Waals surface area contributed by atoms with Crippen molar-refractivity contribution in [2.75, 3.05) is 57.9 Å². The van der Waals surface area contributed by atoms with Crippen LogP contribution in [-0.4, -0.2) is 69.2 Å². The van der Waals surface area contributed by atoms with E-state index in [0.717, 1.165) is 37.6 Å². The van der Waals surface area contributed by atoms with Crippen LogP contribution in [0.5, 0.6) is 5.75 Å². The maximum Gasteiger partial charge on any atom is 0.142 e. The van der Waals surface area contributed by atoms with Crippen LogP contribution in [0.1, 0.15) is 6.92 Å².